The van der Waals surface area contributed by atoms with E-state index in [-0.39, 0.29) is 6.04 Å². The van der Waals surface area contributed by atoms with Crippen molar-refractivity contribution in [3.05, 3.63) is 53.2 Å². The van der Waals surface area contributed by atoms with Crippen molar-refractivity contribution in [2.24, 2.45) is 5.92 Å². The smallest absolute Gasteiger partial charge is 0.313 e. The second kappa shape index (κ2) is 7.53. The lowest BCUT2D eigenvalue weighted by Crippen LogP contribution is -2.38. The first-order chi connectivity index (χ1) is 12.1. The zero-order valence-corrected chi connectivity index (χ0v) is 14.4. The van der Waals surface area contributed by atoms with Crippen molar-refractivity contribution in [3.8, 4) is 5.88 Å². The molecule has 1 heterocycles. The van der Waals surface area contributed by atoms with Crippen LogP contribution in [0.4, 0.5) is 5.69 Å². The average molecular weight is 360 g/mol. The Balaban J connectivity index is 1.64. The van der Waals surface area contributed by atoms with E-state index < -0.39 is 11.8 Å². The maximum absolute atomic E-state index is 12.3. The Hall–Kier alpha value is -2.60. The number of benzene rings is 1. The van der Waals surface area contributed by atoms with E-state index in [1.807, 2.05) is 12.1 Å². The van der Waals surface area contributed by atoms with E-state index in [1.165, 1.54) is 13.3 Å². The standard InChI is InChI=1S/C18H18ClN3O3/c1-25-15-9-8-14(10-20-15)21-17(23)18(24)22-16(11-2-3-11)12-4-6-13(19)7-5-12/h4-11,16H,2-3H2,1H3,(H,21,23)(H,22,24). The molecule has 1 aromatic heterocycles. The van der Waals surface area contributed by atoms with Crippen LogP contribution in [0.15, 0.2) is 42.6 Å². The number of rotatable bonds is 5. The summed E-state index contributed by atoms with van der Waals surface area (Å²) in [5.74, 6) is -0.631. The largest absolute Gasteiger partial charge is 0.481 e. The van der Waals surface area contributed by atoms with Gasteiger partial charge in [-0.25, -0.2) is 4.98 Å². The number of anilines is 1. The van der Waals surface area contributed by atoms with Crippen LogP contribution in [0.2, 0.25) is 5.02 Å². The Morgan fingerprint density at radius 1 is 1.16 bits per heavy atom. The minimum Gasteiger partial charge on any atom is -0.481 e. The van der Waals surface area contributed by atoms with Crippen LogP contribution in [0.1, 0.15) is 24.4 Å². The molecule has 1 aromatic carbocycles. The first-order valence-electron chi connectivity index (χ1n) is 7.94. The van der Waals surface area contributed by atoms with Crippen LogP contribution >= 0.6 is 11.6 Å². The molecule has 0 spiro atoms. The minimum absolute atomic E-state index is 0.190. The molecule has 130 valence electrons. The van der Waals surface area contributed by atoms with Crippen molar-refractivity contribution >= 4 is 29.1 Å². The molecule has 1 aliphatic carbocycles. The summed E-state index contributed by atoms with van der Waals surface area (Å²) in [6, 6.07) is 10.3. The van der Waals surface area contributed by atoms with Crippen LogP contribution in [-0.2, 0) is 9.59 Å². The van der Waals surface area contributed by atoms with Crippen molar-refractivity contribution in [2.75, 3.05) is 12.4 Å². The van der Waals surface area contributed by atoms with Crippen LogP contribution in [0, 0.1) is 5.92 Å². The lowest BCUT2D eigenvalue weighted by Gasteiger charge is -2.18. The lowest BCUT2D eigenvalue weighted by atomic mass is 10.0. The van der Waals surface area contributed by atoms with Gasteiger partial charge in [0.15, 0.2) is 0 Å². The first-order valence-corrected chi connectivity index (χ1v) is 8.32. The van der Waals surface area contributed by atoms with Crippen molar-refractivity contribution in [1.29, 1.82) is 0 Å². The first kappa shape index (κ1) is 17.2. The Morgan fingerprint density at radius 3 is 2.44 bits per heavy atom. The summed E-state index contributed by atoms with van der Waals surface area (Å²) in [6.45, 7) is 0. The third kappa shape index (κ3) is 4.48. The summed E-state index contributed by atoms with van der Waals surface area (Å²) in [4.78, 5) is 28.4. The van der Waals surface area contributed by atoms with Gasteiger partial charge in [0.1, 0.15) is 0 Å². The van der Waals surface area contributed by atoms with Crippen LogP contribution in [0.25, 0.3) is 0 Å². The number of nitrogens with one attached hydrogen (secondary N) is 2. The van der Waals surface area contributed by atoms with E-state index in [0.29, 0.717) is 22.5 Å². The number of hydrogen-bond donors (Lipinski definition) is 2. The van der Waals surface area contributed by atoms with Gasteiger partial charge in [0.25, 0.3) is 0 Å². The van der Waals surface area contributed by atoms with Gasteiger partial charge in [-0.2, -0.15) is 0 Å². The highest BCUT2D eigenvalue weighted by molar-refractivity contribution is 6.39. The molecule has 25 heavy (non-hydrogen) atoms. The lowest BCUT2D eigenvalue weighted by molar-refractivity contribution is -0.136. The molecule has 1 unspecified atom stereocenters. The highest BCUT2D eigenvalue weighted by Crippen LogP contribution is 2.41. The fraction of sp³-hybridized carbons (Fsp3) is 0.278. The van der Waals surface area contributed by atoms with Crippen molar-refractivity contribution < 1.29 is 14.3 Å². The van der Waals surface area contributed by atoms with Crippen molar-refractivity contribution in [2.45, 2.75) is 18.9 Å². The number of ether oxygens (including phenoxy) is 1. The fourth-order valence-electron chi connectivity index (χ4n) is 2.54. The van der Waals surface area contributed by atoms with Crippen LogP contribution < -0.4 is 15.4 Å². The molecule has 0 radical (unpaired) electrons. The van der Waals surface area contributed by atoms with E-state index in [4.69, 9.17) is 16.3 Å². The SMILES string of the molecule is COc1ccc(NC(=O)C(=O)NC(c2ccc(Cl)cc2)C2CC2)cn1. The Morgan fingerprint density at radius 2 is 1.88 bits per heavy atom. The molecule has 0 aliphatic heterocycles. The molecule has 1 fully saturated rings. The molecule has 0 bridgehead atoms. The van der Waals surface area contributed by atoms with Gasteiger partial charge in [-0.3, -0.25) is 9.59 Å². The zero-order chi connectivity index (χ0) is 17.8. The summed E-state index contributed by atoms with van der Waals surface area (Å²) in [7, 11) is 1.50. The van der Waals surface area contributed by atoms with Gasteiger partial charge in [-0.15, -0.1) is 0 Å². The molecule has 1 atom stereocenters. The van der Waals surface area contributed by atoms with E-state index >= 15 is 0 Å². The quantitative estimate of drug-likeness (QED) is 0.804. The fourth-order valence-corrected chi connectivity index (χ4v) is 2.67. The summed E-state index contributed by atoms with van der Waals surface area (Å²) in [5, 5.41) is 5.98. The number of amides is 2. The highest BCUT2D eigenvalue weighted by atomic mass is 35.5. The van der Waals surface area contributed by atoms with Gasteiger partial charge < -0.3 is 15.4 Å². The van der Waals surface area contributed by atoms with E-state index in [2.05, 4.69) is 15.6 Å². The number of methoxy groups -OCH3 is 1. The summed E-state index contributed by atoms with van der Waals surface area (Å²) in [6.07, 6.45) is 3.48. The molecule has 2 N–H and O–H groups in total. The molecular weight excluding hydrogens is 342 g/mol. The minimum atomic E-state index is -0.730. The normalized spacial score (nSPS) is 14.5. The van der Waals surface area contributed by atoms with Crippen molar-refractivity contribution in [3.63, 3.8) is 0 Å². The summed E-state index contributed by atoms with van der Waals surface area (Å²) in [5.41, 5.74) is 1.37. The van der Waals surface area contributed by atoms with Crippen LogP contribution in [0.5, 0.6) is 5.88 Å². The van der Waals surface area contributed by atoms with Gasteiger partial charge in [0.2, 0.25) is 5.88 Å². The zero-order valence-electron chi connectivity index (χ0n) is 13.7. The summed E-state index contributed by atoms with van der Waals surface area (Å²) >= 11 is 5.91. The third-order valence-electron chi connectivity index (χ3n) is 4.02. The number of hydrogen-bond acceptors (Lipinski definition) is 4. The Bertz CT molecular complexity index is 758. The number of nitrogens with zero attached hydrogens (tertiary/aromatic N) is 1. The number of aromatic nitrogens is 1. The van der Waals surface area contributed by atoms with Crippen LogP contribution in [0.3, 0.4) is 0 Å². The van der Waals surface area contributed by atoms with Crippen molar-refractivity contribution in [1.82, 2.24) is 10.3 Å². The van der Waals surface area contributed by atoms with E-state index in [9.17, 15) is 9.59 Å². The second-order valence-electron chi connectivity index (χ2n) is 5.88. The second-order valence-corrected chi connectivity index (χ2v) is 6.32. The van der Waals surface area contributed by atoms with Crippen LogP contribution in [-0.4, -0.2) is 23.9 Å². The number of pyridine rings is 1. The summed E-state index contributed by atoms with van der Waals surface area (Å²) < 4.78 is 4.95. The van der Waals surface area contributed by atoms with Gasteiger partial charge in [-0.1, -0.05) is 23.7 Å². The molecule has 3 rings (SSSR count). The maximum Gasteiger partial charge on any atom is 0.313 e. The molecule has 2 aromatic rings. The van der Waals surface area contributed by atoms with E-state index in [0.717, 1.165) is 18.4 Å². The molecule has 1 aliphatic rings. The van der Waals surface area contributed by atoms with Gasteiger partial charge >= 0.3 is 11.8 Å². The molecule has 2 amide bonds. The molecule has 0 saturated heterocycles. The average Bonchev–Trinajstić information content (AvgIpc) is 3.46. The Labute approximate surface area is 150 Å². The number of carbonyl (C=O) groups excluding carboxylic acids is 2. The number of halogens is 1. The molecule has 7 heteroatoms. The monoisotopic (exact) mass is 359 g/mol. The Kier molecular flexibility index (Phi) is 5.19. The van der Waals surface area contributed by atoms with E-state index in [1.54, 1.807) is 24.3 Å². The topological polar surface area (TPSA) is 80.3 Å². The van der Waals surface area contributed by atoms with Gasteiger partial charge in [-0.05, 0) is 42.5 Å². The van der Waals surface area contributed by atoms with Gasteiger partial charge in [0.05, 0.1) is 25.0 Å². The highest BCUT2D eigenvalue weighted by Gasteiger charge is 2.34. The third-order valence-corrected chi connectivity index (χ3v) is 4.27. The molecule has 1 saturated carbocycles. The predicted octanol–water partition coefficient (Wildman–Crippen LogP) is 2.95. The molecule has 6 nitrogen and oxygen atoms in total. The maximum atomic E-state index is 12.3. The number of carbonyl (C=O) groups is 2. The molecular formula is C18H18ClN3O3. The predicted molar refractivity (Wildman–Crippen MR) is 94.5 cm³/mol. The van der Waals surface area contributed by atoms with Gasteiger partial charge in [0, 0.05) is 11.1 Å².